The van der Waals surface area contributed by atoms with Crippen LogP contribution in [0.25, 0.3) is 10.9 Å². The number of hydrogen-bond donors (Lipinski definition) is 2. The molecular weight excluding hydrogens is 566 g/mol. The van der Waals surface area contributed by atoms with E-state index in [2.05, 4.69) is 16.8 Å². The number of methoxy groups -OCH3 is 1. The Morgan fingerprint density at radius 1 is 1.10 bits per heavy atom. The van der Waals surface area contributed by atoms with Gasteiger partial charge in [-0.3, -0.25) is 14.7 Å². The van der Waals surface area contributed by atoms with Crippen LogP contribution in [0.1, 0.15) is 47.6 Å². The van der Waals surface area contributed by atoms with Crippen molar-refractivity contribution in [3.8, 4) is 17.6 Å². The first-order chi connectivity index (χ1) is 19.8. The number of fused-ring (bicyclic) bond motifs is 1. The van der Waals surface area contributed by atoms with Crippen molar-refractivity contribution < 1.29 is 46.1 Å². The van der Waals surface area contributed by atoms with Crippen molar-refractivity contribution in [3.63, 3.8) is 0 Å². The lowest BCUT2D eigenvalue weighted by atomic mass is 9.81. The number of rotatable bonds is 7. The second kappa shape index (κ2) is 12.6. The Balaban J connectivity index is 1.41. The van der Waals surface area contributed by atoms with Crippen LogP contribution in [0.15, 0.2) is 48.7 Å². The maximum atomic E-state index is 13.1. The predicted molar refractivity (Wildman–Crippen MR) is 141 cm³/mol. The molecule has 1 fully saturated rings. The lowest BCUT2D eigenvalue weighted by molar-refractivity contribution is -0.146. The van der Waals surface area contributed by atoms with Crippen LogP contribution < -0.4 is 4.74 Å². The molecular formula is C30H28F6N2O4. The molecule has 1 aliphatic rings. The molecule has 4 rings (SSSR count). The third-order valence-electron chi connectivity index (χ3n) is 7.43. The van der Waals surface area contributed by atoms with Gasteiger partial charge < -0.3 is 14.9 Å². The number of aliphatic hydroxyl groups excluding tert-OH is 1. The zero-order chi connectivity index (χ0) is 30.7. The van der Waals surface area contributed by atoms with E-state index < -0.39 is 47.0 Å². The molecule has 0 radical (unpaired) electrons. The Bertz CT molecular complexity index is 1460. The smallest absolute Gasteiger partial charge is 0.416 e. The minimum atomic E-state index is -4.97. The Labute approximate surface area is 237 Å². The molecule has 224 valence electrons. The van der Waals surface area contributed by atoms with E-state index in [1.165, 1.54) is 7.11 Å². The van der Waals surface area contributed by atoms with Crippen molar-refractivity contribution in [3.05, 3.63) is 70.9 Å². The second-order valence-corrected chi connectivity index (χ2v) is 10.2. The van der Waals surface area contributed by atoms with Crippen LogP contribution in [0.5, 0.6) is 5.75 Å². The number of ether oxygens (including phenoxy) is 1. The number of aromatic nitrogens is 1. The van der Waals surface area contributed by atoms with Crippen LogP contribution in [-0.2, 0) is 17.1 Å². The average molecular weight is 595 g/mol. The van der Waals surface area contributed by atoms with Crippen LogP contribution in [0.3, 0.4) is 0 Å². The highest BCUT2D eigenvalue weighted by Crippen LogP contribution is 2.37. The number of aliphatic carboxylic acids is 1. The van der Waals surface area contributed by atoms with E-state index in [-0.39, 0.29) is 25.1 Å². The fraction of sp³-hybridized carbons (Fsp3) is 0.400. The molecule has 1 aliphatic heterocycles. The van der Waals surface area contributed by atoms with Gasteiger partial charge in [-0.05, 0) is 79.8 Å². The topological polar surface area (TPSA) is 82.9 Å². The number of nitrogens with zero attached hydrogens (tertiary/aromatic N) is 2. The Kier molecular flexibility index (Phi) is 9.33. The van der Waals surface area contributed by atoms with Crippen molar-refractivity contribution in [1.29, 1.82) is 0 Å². The van der Waals surface area contributed by atoms with E-state index in [0.717, 1.165) is 5.39 Å². The third kappa shape index (κ3) is 7.52. The summed E-state index contributed by atoms with van der Waals surface area (Å²) >= 11 is 0. The predicted octanol–water partition coefficient (Wildman–Crippen LogP) is 6.17. The Morgan fingerprint density at radius 3 is 2.40 bits per heavy atom. The number of carbonyl (C=O) groups is 1. The van der Waals surface area contributed by atoms with Gasteiger partial charge in [0.05, 0.1) is 42.3 Å². The van der Waals surface area contributed by atoms with E-state index in [0.29, 0.717) is 54.8 Å². The molecule has 2 aromatic carbocycles. The van der Waals surface area contributed by atoms with E-state index in [1.54, 1.807) is 35.4 Å². The normalized spacial score (nSPS) is 18.8. The molecule has 1 aromatic heterocycles. The summed E-state index contributed by atoms with van der Waals surface area (Å²) < 4.78 is 83.9. The molecule has 0 amide bonds. The highest BCUT2D eigenvalue weighted by atomic mass is 19.4. The fourth-order valence-corrected chi connectivity index (χ4v) is 5.21. The summed E-state index contributed by atoms with van der Waals surface area (Å²) in [6, 6.07) is 8.20. The average Bonchev–Trinajstić information content (AvgIpc) is 2.94. The van der Waals surface area contributed by atoms with Crippen molar-refractivity contribution >= 4 is 16.9 Å². The first-order valence-electron chi connectivity index (χ1n) is 13.1. The monoisotopic (exact) mass is 594 g/mol. The fourth-order valence-electron chi connectivity index (χ4n) is 5.21. The molecule has 42 heavy (non-hydrogen) atoms. The van der Waals surface area contributed by atoms with E-state index in [1.807, 2.05) is 0 Å². The number of hydrogen-bond acceptors (Lipinski definition) is 5. The van der Waals surface area contributed by atoms with Gasteiger partial charge in [0.1, 0.15) is 5.75 Å². The summed E-state index contributed by atoms with van der Waals surface area (Å²) in [4.78, 5) is 18.1. The molecule has 12 heteroatoms. The quantitative estimate of drug-likeness (QED) is 0.252. The lowest BCUT2D eigenvalue weighted by Crippen LogP contribution is -2.44. The number of aliphatic hydroxyl groups is 1. The number of pyridine rings is 1. The van der Waals surface area contributed by atoms with Crippen LogP contribution in [-0.4, -0.2) is 52.8 Å². The molecule has 0 bridgehead atoms. The highest BCUT2D eigenvalue weighted by Gasteiger charge is 2.37. The SMILES string of the molecule is COc1ccc2nccc(C(O)CC[C@@H]3CCN(CC#Cc4cc(C(F)(F)F)cc(C(F)(F)F)c4)C[C@@H]3C(=O)O)c2c1. The van der Waals surface area contributed by atoms with E-state index in [9.17, 15) is 41.4 Å². The summed E-state index contributed by atoms with van der Waals surface area (Å²) in [6.45, 7) is 0.517. The van der Waals surface area contributed by atoms with Crippen molar-refractivity contribution in [2.75, 3.05) is 26.7 Å². The molecule has 0 saturated carbocycles. The first-order valence-corrected chi connectivity index (χ1v) is 13.1. The zero-order valence-corrected chi connectivity index (χ0v) is 22.5. The molecule has 2 N–H and O–H groups in total. The van der Waals surface area contributed by atoms with Gasteiger partial charge in [-0.25, -0.2) is 0 Å². The number of carboxylic acid groups (broad SMARTS) is 1. The van der Waals surface area contributed by atoms with Gasteiger partial charge >= 0.3 is 18.3 Å². The highest BCUT2D eigenvalue weighted by molar-refractivity contribution is 5.83. The van der Waals surface area contributed by atoms with Gasteiger partial charge in [-0.2, -0.15) is 26.3 Å². The van der Waals surface area contributed by atoms with Gasteiger partial charge in [-0.1, -0.05) is 11.8 Å². The van der Waals surface area contributed by atoms with Crippen LogP contribution in [0.2, 0.25) is 0 Å². The Morgan fingerprint density at radius 2 is 1.79 bits per heavy atom. The largest absolute Gasteiger partial charge is 0.497 e. The first kappa shape index (κ1) is 31.1. The minimum Gasteiger partial charge on any atom is -0.497 e. The van der Waals surface area contributed by atoms with Crippen molar-refractivity contribution in [2.45, 2.75) is 37.7 Å². The van der Waals surface area contributed by atoms with E-state index in [4.69, 9.17) is 4.74 Å². The van der Waals surface area contributed by atoms with Crippen LogP contribution >= 0.6 is 0 Å². The van der Waals surface area contributed by atoms with Crippen LogP contribution in [0.4, 0.5) is 26.3 Å². The molecule has 2 heterocycles. The third-order valence-corrected chi connectivity index (χ3v) is 7.43. The molecule has 3 atom stereocenters. The summed E-state index contributed by atoms with van der Waals surface area (Å²) in [5.74, 6) is 3.51. The van der Waals surface area contributed by atoms with Gasteiger partial charge in [0.25, 0.3) is 0 Å². The number of carboxylic acids is 1. The summed E-state index contributed by atoms with van der Waals surface area (Å²) in [5, 5.41) is 21.6. The maximum absolute atomic E-state index is 13.1. The van der Waals surface area contributed by atoms with Crippen LogP contribution in [0, 0.1) is 23.7 Å². The standard InChI is InChI=1S/C30H28F6N2O4/c1-42-22-5-6-26-24(16-22)23(8-10-37-26)27(39)7-4-19-9-12-38(17-25(19)28(40)41)11-2-3-18-13-20(29(31,32)33)15-21(14-18)30(34,35)36/h5-6,8,10,13-16,19,25,27,39H,4,7,9,11-12,17H2,1H3,(H,40,41)/t19-,25+,27?/m1/s1. The van der Waals surface area contributed by atoms with Gasteiger partial charge in [0.15, 0.2) is 0 Å². The van der Waals surface area contributed by atoms with Crippen molar-refractivity contribution in [1.82, 2.24) is 9.88 Å². The van der Waals surface area contributed by atoms with Gasteiger partial charge in [0.2, 0.25) is 0 Å². The van der Waals surface area contributed by atoms with Gasteiger partial charge in [0, 0.05) is 23.7 Å². The number of likely N-dealkylation sites (tertiary alicyclic amines) is 1. The molecule has 3 aromatic rings. The van der Waals surface area contributed by atoms with Gasteiger partial charge in [-0.15, -0.1) is 0 Å². The molecule has 0 spiro atoms. The number of halogens is 6. The zero-order valence-electron chi connectivity index (χ0n) is 22.5. The minimum absolute atomic E-state index is 0.0262. The second-order valence-electron chi connectivity index (χ2n) is 10.2. The summed E-state index contributed by atoms with van der Waals surface area (Å²) in [6.07, 6.45) is -8.01. The molecule has 6 nitrogen and oxygen atoms in total. The summed E-state index contributed by atoms with van der Waals surface area (Å²) in [7, 11) is 1.53. The Hall–Kier alpha value is -3.82. The molecule has 1 unspecified atom stereocenters. The van der Waals surface area contributed by atoms with Crippen molar-refractivity contribution in [2.24, 2.45) is 11.8 Å². The van der Waals surface area contributed by atoms with E-state index >= 15 is 0 Å². The molecule has 1 saturated heterocycles. The number of benzene rings is 2. The number of alkyl halides is 6. The summed E-state index contributed by atoms with van der Waals surface area (Å²) in [5.41, 5.74) is -1.99. The maximum Gasteiger partial charge on any atom is 0.416 e. The molecule has 0 aliphatic carbocycles. The lowest BCUT2D eigenvalue weighted by Gasteiger charge is -2.36. The number of piperidine rings is 1.